The monoisotopic (exact) mass is 416 g/mol. The number of amides is 1. The molecule has 5 heteroatoms. The highest BCUT2D eigenvalue weighted by atomic mass is 16.1. The minimum absolute atomic E-state index is 0.0283. The summed E-state index contributed by atoms with van der Waals surface area (Å²) in [4.78, 5) is 19.4. The van der Waals surface area contributed by atoms with Crippen molar-refractivity contribution < 1.29 is 4.79 Å². The van der Waals surface area contributed by atoms with Crippen molar-refractivity contribution in [2.75, 3.05) is 30.9 Å². The number of fused-ring (bicyclic) bond motifs is 1. The first kappa shape index (κ1) is 21.2. The fourth-order valence-corrected chi connectivity index (χ4v) is 4.45. The van der Waals surface area contributed by atoms with E-state index >= 15 is 0 Å². The van der Waals surface area contributed by atoms with E-state index in [0.29, 0.717) is 12.0 Å². The van der Waals surface area contributed by atoms with Gasteiger partial charge < -0.3 is 15.5 Å². The third-order valence-electron chi connectivity index (χ3n) is 6.21. The number of aryl methyl sites for hydroxylation is 1. The van der Waals surface area contributed by atoms with Gasteiger partial charge in [-0.05, 0) is 56.7 Å². The van der Waals surface area contributed by atoms with Gasteiger partial charge in [0.2, 0.25) is 0 Å². The molecule has 1 fully saturated rings. The lowest BCUT2D eigenvalue weighted by atomic mass is 9.86. The Morgan fingerprint density at radius 3 is 2.55 bits per heavy atom. The predicted octanol–water partition coefficient (Wildman–Crippen LogP) is 5.01. The number of hydrogen-bond donors (Lipinski definition) is 2. The molecule has 1 aromatic heterocycles. The second kappa shape index (κ2) is 9.38. The molecule has 1 aliphatic carbocycles. The van der Waals surface area contributed by atoms with Crippen LogP contribution in [0, 0.1) is 12.8 Å². The largest absolute Gasteiger partial charge is 0.377 e. The maximum atomic E-state index is 12.4. The van der Waals surface area contributed by atoms with Crippen LogP contribution in [-0.4, -0.2) is 37.6 Å². The molecule has 0 aliphatic heterocycles. The molecule has 0 saturated heterocycles. The van der Waals surface area contributed by atoms with Crippen molar-refractivity contribution in [1.29, 1.82) is 0 Å². The Bertz CT molecular complexity index is 1050. The van der Waals surface area contributed by atoms with Crippen molar-refractivity contribution in [3.63, 3.8) is 0 Å². The van der Waals surface area contributed by atoms with Crippen molar-refractivity contribution in [3.8, 4) is 0 Å². The normalized spacial score (nSPS) is 18.5. The average molecular weight is 417 g/mol. The number of benzene rings is 2. The van der Waals surface area contributed by atoms with E-state index in [1.165, 1.54) is 11.1 Å². The molecular formula is C26H32N4O. The number of aromatic nitrogens is 1. The summed E-state index contributed by atoms with van der Waals surface area (Å²) in [6, 6.07) is 18.6. The van der Waals surface area contributed by atoms with Crippen LogP contribution < -0.4 is 15.5 Å². The van der Waals surface area contributed by atoms with Gasteiger partial charge in [0.15, 0.2) is 0 Å². The van der Waals surface area contributed by atoms with Crippen molar-refractivity contribution in [2.24, 2.45) is 5.92 Å². The molecule has 1 amide bonds. The number of nitrogens with zero attached hydrogens (tertiary/aromatic N) is 2. The highest BCUT2D eigenvalue weighted by Gasteiger charge is 2.22. The van der Waals surface area contributed by atoms with Crippen LogP contribution in [0.4, 0.5) is 11.5 Å². The Kier molecular flexibility index (Phi) is 6.40. The molecule has 3 aromatic rings. The van der Waals surface area contributed by atoms with Gasteiger partial charge in [-0.3, -0.25) is 4.79 Å². The second-order valence-corrected chi connectivity index (χ2v) is 8.88. The zero-order chi connectivity index (χ0) is 21.8. The smallest absolute Gasteiger partial charge is 0.251 e. The molecule has 1 aliphatic rings. The van der Waals surface area contributed by atoms with Crippen LogP contribution in [0.1, 0.15) is 41.6 Å². The van der Waals surface area contributed by atoms with Gasteiger partial charge in [-0.1, -0.05) is 35.9 Å². The summed E-state index contributed by atoms with van der Waals surface area (Å²) in [5.74, 6) is 1.51. The summed E-state index contributed by atoms with van der Waals surface area (Å²) in [6.07, 6.45) is 4.41. The molecule has 162 valence electrons. The third kappa shape index (κ3) is 5.16. The van der Waals surface area contributed by atoms with Crippen molar-refractivity contribution >= 4 is 28.3 Å². The molecule has 4 rings (SSSR count). The molecule has 0 bridgehead atoms. The summed E-state index contributed by atoms with van der Waals surface area (Å²) >= 11 is 0. The van der Waals surface area contributed by atoms with Crippen LogP contribution in [0.3, 0.4) is 0 Å². The van der Waals surface area contributed by atoms with Gasteiger partial charge in [-0.15, -0.1) is 0 Å². The molecule has 1 saturated carbocycles. The number of nitrogens with one attached hydrogen (secondary N) is 2. The van der Waals surface area contributed by atoms with Crippen LogP contribution in [0.2, 0.25) is 0 Å². The van der Waals surface area contributed by atoms with E-state index in [4.69, 9.17) is 4.98 Å². The fraction of sp³-hybridized carbons (Fsp3) is 0.385. The molecule has 1 heterocycles. The fourth-order valence-electron chi connectivity index (χ4n) is 4.45. The zero-order valence-electron chi connectivity index (χ0n) is 18.7. The van der Waals surface area contributed by atoms with Gasteiger partial charge in [0.25, 0.3) is 5.91 Å². The topological polar surface area (TPSA) is 57.3 Å². The Hall–Kier alpha value is -3.08. The van der Waals surface area contributed by atoms with E-state index < -0.39 is 0 Å². The van der Waals surface area contributed by atoms with E-state index in [1.807, 2.05) is 37.3 Å². The first-order chi connectivity index (χ1) is 15.0. The molecule has 2 N–H and O–H groups in total. The summed E-state index contributed by atoms with van der Waals surface area (Å²) in [5, 5.41) is 7.96. The van der Waals surface area contributed by atoms with Crippen LogP contribution in [0.5, 0.6) is 0 Å². The second-order valence-electron chi connectivity index (χ2n) is 8.88. The number of rotatable bonds is 6. The third-order valence-corrected chi connectivity index (χ3v) is 6.21. The van der Waals surface area contributed by atoms with Gasteiger partial charge in [0.05, 0.1) is 5.52 Å². The number of pyridine rings is 1. The number of carbonyl (C=O) groups is 1. The Morgan fingerprint density at radius 2 is 1.81 bits per heavy atom. The molecule has 0 spiro atoms. The molecule has 2 aromatic carbocycles. The predicted molar refractivity (Wildman–Crippen MR) is 129 cm³/mol. The maximum Gasteiger partial charge on any atom is 0.251 e. The summed E-state index contributed by atoms with van der Waals surface area (Å²) in [7, 11) is 4.14. The van der Waals surface area contributed by atoms with Gasteiger partial charge >= 0.3 is 0 Å². The van der Waals surface area contributed by atoms with E-state index in [2.05, 4.69) is 53.9 Å². The van der Waals surface area contributed by atoms with Crippen LogP contribution >= 0.6 is 0 Å². The van der Waals surface area contributed by atoms with Gasteiger partial charge in [-0.2, -0.15) is 0 Å². The highest BCUT2D eigenvalue weighted by Crippen LogP contribution is 2.30. The summed E-state index contributed by atoms with van der Waals surface area (Å²) < 4.78 is 0. The quantitative estimate of drug-likeness (QED) is 0.593. The van der Waals surface area contributed by atoms with E-state index in [-0.39, 0.29) is 5.91 Å². The molecule has 0 unspecified atom stereocenters. The Balaban J connectivity index is 1.32. The maximum absolute atomic E-state index is 12.4. The molecular weight excluding hydrogens is 384 g/mol. The van der Waals surface area contributed by atoms with Crippen molar-refractivity contribution in [3.05, 3.63) is 65.7 Å². The standard InChI is InChI=1S/C26H32N4O/c1-18-7-6-8-20(15-18)26(31)27-17-19-11-13-21(14-12-19)28-25-16-24(30(2)3)22-9-4-5-10-23(22)29-25/h4-10,15-16,19,21H,11-14,17H2,1-3H3,(H,27,31)(H,28,29)/t19-,21+. The van der Waals surface area contributed by atoms with E-state index in [1.54, 1.807) is 0 Å². The average Bonchev–Trinajstić information content (AvgIpc) is 2.77. The first-order valence-corrected chi connectivity index (χ1v) is 11.2. The highest BCUT2D eigenvalue weighted by molar-refractivity contribution is 5.94. The Labute approximate surface area is 184 Å². The molecule has 0 atom stereocenters. The van der Waals surface area contributed by atoms with Gasteiger partial charge in [-0.25, -0.2) is 4.98 Å². The number of carbonyl (C=O) groups excluding carboxylic acids is 1. The summed E-state index contributed by atoms with van der Waals surface area (Å²) in [5.41, 5.74) is 4.05. The van der Waals surface area contributed by atoms with Gasteiger partial charge in [0, 0.05) is 49.4 Å². The minimum Gasteiger partial charge on any atom is -0.377 e. The molecule has 31 heavy (non-hydrogen) atoms. The van der Waals surface area contributed by atoms with Crippen molar-refractivity contribution in [1.82, 2.24) is 10.3 Å². The Morgan fingerprint density at radius 1 is 1.03 bits per heavy atom. The molecule has 0 radical (unpaired) electrons. The van der Waals surface area contributed by atoms with Crippen LogP contribution in [0.15, 0.2) is 54.6 Å². The first-order valence-electron chi connectivity index (χ1n) is 11.2. The lowest BCUT2D eigenvalue weighted by Crippen LogP contribution is -2.34. The van der Waals surface area contributed by atoms with Crippen LogP contribution in [-0.2, 0) is 0 Å². The summed E-state index contributed by atoms with van der Waals surface area (Å²) in [6.45, 7) is 2.76. The number of hydrogen-bond acceptors (Lipinski definition) is 4. The number of para-hydroxylation sites is 1. The number of anilines is 2. The van der Waals surface area contributed by atoms with E-state index in [9.17, 15) is 4.79 Å². The zero-order valence-corrected chi connectivity index (χ0v) is 18.7. The van der Waals surface area contributed by atoms with E-state index in [0.717, 1.165) is 54.7 Å². The SMILES string of the molecule is Cc1cccc(C(=O)NC[C@H]2CC[C@@H](Nc3cc(N(C)C)c4ccccc4n3)CC2)c1. The lowest BCUT2D eigenvalue weighted by Gasteiger charge is -2.30. The van der Waals surface area contributed by atoms with Crippen molar-refractivity contribution in [2.45, 2.75) is 38.6 Å². The van der Waals surface area contributed by atoms with Gasteiger partial charge in [0.1, 0.15) is 5.82 Å². The minimum atomic E-state index is 0.0283. The lowest BCUT2D eigenvalue weighted by molar-refractivity contribution is 0.0943. The molecule has 5 nitrogen and oxygen atoms in total. The van der Waals surface area contributed by atoms with Crippen LogP contribution in [0.25, 0.3) is 10.9 Å².